The summed E-state index contributed by atoms with van der Waals surface area (Å²) in [5.41, 5.74) is -0.998. The van der Waals surface area contributed by atoms with E-state index in [-0.39, 0.29) is 5.92 Å². The Hall–Kier alpha value is -0.830. The molecule has 1 saturated heterocycles. The van der Waals surface area contributed by atoms with Crippen LogP contribution in [-0.2, 0) is 9.53 Å². The van der Waals surface area contributed by atoms with Crippen molar-refractivity contribution in [1.82, 2.24) is 0 Å². The summed E-state index contributed by atoms with van der Waals surface area (Å²) in [4.78, 5) is 11.0. The van der Waals surface area contributed by atoms with Crippen molar-refractivity contribution in [3.8, 4) is 0 Å². The van der Waals surface area contributed by atoms with Gasteiger partial charge in [0.15, 0.2) is 5.60 Å². The fourth-order valence-electron chi connectivity index (χ4n) is 1.57. The third-order valence-electron chi connectivity index (χ3n) is 2.50. The van der Waals surface area contributed by atoms with E-state index in [0.717, 1.165) is 6.42 Å². The molecule has 0 aromatic carbocycles. The van der Waals surface area contributed by atoms with Crippen LogP contribution >= 0.6 is 0 Å². The van der Waals surface area contributed by atoms with Crippen molar-refractivity contribution in [2.75, 3.05) is 6.61 Å². The van der Waals surface area contributed by atoms with Gasteiger partial charge in [-0.2, -0.15) is 0 Å². The second-order valence-corrected chi connectivity index (χ2v) is 3.17. The summed E-state index contributed by atoms with van der Waals surface area (Å²) in [6.07, 6.45) is 3.06. The minimum atomic E-state index is -0.998. The van der Waals surface area contributed by atoms with Crippen molar-refractivity contribution in [3.05, 3.63) is 12.7 Å². The van der Waals surface area contributed by atoms with E-state index in [4.69, 9.17) is 9.84 Å². The van der Waals surface area contributed by atoms with Gasteiger partial charge in [0.05, 0.1) is 0 Å². The van der Waals surface area contributed by atoms with Crippen molar-refractivity contribution in [3.63, 3.8) is 0 Å². The second kappa shape index (κ2) is 3.27. The molecule has 0 saturated carbocycles. The molecule has 1 rings (SSSR count). The maximum Gasteiger partial charge on any atom is 0.336 e. The van der Waals surface area contributed by atoms with Gasteiger partial charge in [0.1, 0.15) is 0 Å². The van der Waals surface area contributed by atoms with Crippen LogP contribution in [0.25, 0.3) is 0 Å². The summed E-state index contributed by atoms with van der Waals surface area (Å²) >= 11 is 0. The predicted molar refractivity (Wildman–Crippen MR) is 44.9 cm³/mol. The Labute approximate surface area is 72.0 Å². The van der Waals surface area contributed by atoms with Crippen molar-refractivity contribution in [2.45, 2.75) is 25.4 Å². The maximum atomic E-state index is 11.0. The van der Waals surface area contributed by atoms with Crippen molar-refractivity contribution in [2.24, 2.45) is 5.92 Å². The average Bonchev–Trinajstić information content (AvgIpc) is 2.52. The standard InChI is InChI=1S/C9H14O3/c1-3-7(2)9(8(10)11)5-4-6-12-9/h3,7H,1,4-6H2,2H3,(H,10,11). The Kier molecular flexibility index (Phi) is 2.52. The molecule has 1 heterocycles. The first-order valence-corrected chi connectivity index (χ1v) is 4.13. The first kappa shape index (κ1) is 9.26. The highest BCUT2D eigenvalue weighted by Gasteiger charge is 2.46. The van der Waals surface area contributed by atoms with E-state index >= 15 is 0 Å². The zero-order valence-electron chi connectivity index (χ0n) is 7.25. The zero-order chi connectivity index (χ0) is 9.19. The van der Waals surface area contributed by atoms with E-state index in [9.17, 15) is 4.79 Å². The van der Waals surface area contributed by atoms with E-state index in [1.54, 1.807) is 6.08 Å². The molecule has 2 atom stereocenters. The van der Waals surface area contributed by atoms with E-state index in [2.05, 4.69) is 6.58 Å². The molecule has 12 heavy (non-hydrogen) atoms. The summed E-state index contributed by atoms with van der Waals surface area (Å²) in [7, 11) is 0. The number of carbonyl (C=O) groups is 1. The molecular formula is C9H14O3. The molecule has 0 amide bonds. The number of hydrogen-bond donors (Lipinski definition) is 1. The van der Waals surface area contributed by atoms with Crippen molar-refractivity contribution >= 4 is 5.97 Å². The summed E-state index contributed by atoms with van der Waals surface area (Å²) in [5, 5.41) is 8.99. The van der Waals surface area contributed by atoms with Crippen LogP contribution in [0.3, 0.4) is 0 Å². The van der Waals surface area contributed by atoms with Gasteiger partial charge in [0.2, 0.25) is 0 Å². The lowest BCUT2D eigenvalue weighted by atomic mass is 9.86. The minimum Gasteiger partial charge on any atom is -0.479 e. The average molecular weight is 170 g/mol. The monoisotopic (exact) mass is 170 g/mol. The van der Waals surface area contributed by atoms with Crippen LogP contribution in [0, 0.1) is 5.92 Å². The van der Waals surface area contributed by atoms with E-state index in [1.165, 1.54) is 0 Å². The first-order chi connectivity index (χ1) is 5.63. The lowest BCUT2D eigenvalue weighted by molar-refractivity contribution is -0.164. The summed E-state index contributed by atoms with van der Waals surface area (Å²) in [6, 6.07) is 0. The van der Waals surface area contributed by atoms with Crippen LogP contribution < -0.4 is 0 Å². The van der Waals surface area contributed by atoms with Gasteiger partial charge in [-0.1, -0.05) is 13.0 Å². The number of rotatable bonds is 3. The molecule has 1 aliphatic heterocycles. The number of hydrogen-bond acceptors (Lipinski definition) is 2. The molecule has 68 valence electrons. The van der Waals surface area contributed by atoms with Crippen LogP contribution in [0.1, 0.15) is 19.8 Å². The van der Waals surface area contributed by atoms with Gasteiger partial charge in [-0.05, 0) is 12.8 Å². The SMILES string of the molecule is C=CC(C)C1(C(=O)O)CCCO1. The lowest BCUT2D eigenvalue weighted by Gasteiger charge is -2.27. The highest BCUT2D eigenvalue weighted by atomic mass is 16.5. The van der Waals surface area contributed by atoms with Crippen molar-refractivity contribution < 1.29 is 14.6 Å². The summed E-state index contributed by atoms with van der Waals surface area (Å²) in [6.45, 7) is 5.96. The van der Waals surface area contributed by atoms with E-state index in [1.807, 2.05) is 6.92 Å². The smallest absolute Gasteiger partial charge is 0.336 e. The summed E-state index contributed by atoms with van der Waals surface area (Å²) in [5.74, 6) is -0.995. The Bertz CT molecular complexity index is 192. The predicted octanol–water partition coefficient (Wildman–Crippen LogP) is 1.44. The third kappa shape index (κ3) is 1.25. The molecular weight excluding hydrogens is 156 g/mol. The highest BCUT2D eigenvalue weighted by Crippen LogP contribution is 2.33. The first-order valence-electron chi connectivity index (χ1n) is 4.13. The number of carboxylic acid groups (broad SMARTS) is 1. The maximum absolute atomic E-state index is 11.0. The van der Waals surface area contributed by atoms with Gasteiger partial charge in [0.25, 0.3) is 0 Å². The molecule has 2 unspecified atom stereocenters. The Morgan fingerprint density at radius 2 is 2.50 bits per heavy atom. The highest BCUT2D eigenvalue weighted by molar-refractivity contribution is 5.78. The van der Waals surface area contributed by atoms with Gasteiger partial charge in [-0.15, -0.1) is 6.58 Å². The Balaban J connectivity index is 2.85. The van der Waals surface area contributed by atoms with E-state index < -0.39 is 11.6 Å². The molecule has 3 nitrogen and oxygen atoms in total. The van der Waals surface area contributed by atoms with Gasteiger partial charge < -0.3 is 9.84 Å². The molecule has 0 spiro atoms. The molecule has 0 radical (unpaired) electrons. The molecule has 1 N–H and O–H groups in total. The Morgan fingerprint density at radius 3 is 2.83 bits per heavy atom. The lowest BCUT2D eigenvalue weighted by Crippen LogP contribution is -2.43. The fourth-order valence-corrected chi connectivity index (χ4v) is 1.57. The third-order valence-corrected chi connectivity index (χ3v) is 2.50. The van der Waals surface area contributed by atoms with Crippen LogP contribution in [0.5, 0.6) is 0 Å². The summed E-state index contributed by atoms with van der Waals surface area (Å²) < 4.78 is 5.28. The molecule has 0 aromatic heterocycles. The largest absolute Gasteiger partial charge is 0.479 e. The number of ether oxygens (including phenoxy) is 1. The van der Waals surface area contributed by atoms with Gasteiger partial charge in [-0.3, -0.25) is 0 Å². The van der Waals surface area contributed by atoms with Gasteiger partial charge >= 0.3 is 5.97 Å². The van der Waals surface area contributed by atoms with Crippen molar-refractivity contribution in [1.29, 1.82) is 0 Å². The number of aliphatic carboxylic acids is 1. The topological polar surface area (TPSA) is 46.5 Å². The fraction of sp³-hybridized carbons (Fsp3) is 0.667. The quantitative estimate of drug-likeness (QED) is 0.652. The molecule has 0 bridgehead atoms. The molecule has 3 heteroatoms. The molecule has 1 fully saturated rings. The van der Waals surface area contributed by atoms with Gasteiger partial charge in [-0.25, -0.2) is 4.79 Å². The van der Waals surface area contributed by atoms with Gasteiger partial charge in [0, 0.05) is 12.5 Å². The van der Waals surface area contributed by atoms with Crippen LogP contribution in [-0.4, -0.2) is 23.3 Å². The normalized spacial score (nSPS) is 31.4. The van der Waals surface area contributed by atoms with E-state index in [0.29, 0.717) is 13.0 Å². The second-order valence-electron chi connectivity index (χ2n) is 3.17. The molecule has 0 aromatic rings. The zero-order valence-corrected chi connectivity index (χ0v) is 7.25. The Morgan fingerprint density at radius 1 is 1.83 bits per heavy atom. The number of carboxylic acids is 1. The van der Waals surface area contributed by atoms with Crippen LogP contribution in [0.4, 0.5) is 0 Å². The molecule has 1 aliphatic rings. The molecule has 0 aliphatic carbocycles. The van der Waals surface area contributed by atoms with Crippen LogP contribution in [0.2, 0.25) is 0 Å². The minimum absolute atomic E-state index is 0.127. The van der Waals surface area contributed by atoms with Crippen LogP contribution in [0.15, 0.2) is 12.7 Å².